The number of anilines is 1. The van der Waals surface area contributed by atoms with Gasteiger partial charge in [0.15, 0.2) is 5.78 Å². The molecule has 3 rings (SSSR count). The van der Waals surface area contributed by atoms with Crippen LogP contribution in [0.25, 0.3) is 0 Å². The Kier molecular flexibility index (Phi) is 7.35. The lowest BCUT2D eigenvalue weighted by atomic mass is 10.1. The molecule has 1 aliphatic heterocycles. The molecule has 0 saturated carbocycles. The van der Waals surface area contributed by atoms with Gasteiger partial charge in [-0.05, 0) is 23.6 Å². The van der Waals surface area contributed by atoms with Gasteiger partial charge in [-0.2, -0.15) is 0 Å². The van der Waals surface area contributed by atoms with Gasteiger partial charge in [-0.25, -0.2) is 4.79 Å². The zero-order valence-electron chi connectivity index (χ0n) is 18.3. The van der Waals surface area contributed by atoms with Crippen molar-refractivity contribution in [2.24, 2.45) is 13.0 Å². The van der Waals surface area contributed by atoms with Crippen molar-refractivity contribution in [3.05, 3.63) is 61.3 Å². The number of hydrogen-bond acceptors (Lipinski definition) is 6. The zero-order chi connectivity index (χ0) is 22.7. The summed E-state index contributed by atoms with van der Waals surface area (Å²) in [4.78, 5) is 42.4. The van der Waals surface area contributed by atoms with Crippen molar-refractivity contribution in [2.45, 2.75) is 26.9 Å². The summed E-state index contributed by atoms with van der Waals surface area (Å²) in [6.07, 6.45) is 0. The molecule has 1 aliphatic rings. The van der Waals surface area contributed by atoms with E-state index in [-0.39, 0.29) is 29.6 Å². The molecule has 1 aromatic heterocycles. The van der Waals surface area contributed by atoms with E-state index in [0.29, 0.717) is 19.6 Å². The number of halogens is 1. The first kappa shape index (κ1) is 23.2. The molecule has 1 saturated heterocycles. The number of aromatic nitrogens is 2. The lowest BCUT2D eigenvalue weighted by Crippen LogP contribution is -2.49. The first-order valence-corrected chi connectivity index (χ1v) is 10.9. The minimum atomic E-state index is -0.631. The number of piperazine rings is 1. The third-order valence-corrected chi connectivity index (χ3v) is 5.81. The molecule has 1 aromatic carbocycles. The molecule has 31 heavy (non-hydrogen) atoms. The van der Waals surface area contributed by atoms with Gasteiger partial charge in [-0.3, -0.25) is 28.5 Å². The van der Waals surface area contributed by atoms with E-state index in [1.807, 2.05) is 43.0 Å². The van der Waals surface area contributed by atoms with Crippen LogP contribution >= 0.6 is 11.6 Å². The Morgan fingerprint density at radius 1 is 1.06 bits per heavy atom. The fourth-order valence-electron chi connectivity index (χ4n) is 3.82. The van der Waals surface area contributed by atoms with E-state index >= 15 is 0 Å². The second kappa shape index (κ2) is 9.80. The molecule has 0 amide bonds. The molecule has 8 nitrogen and oxygen atoms in total. The average Bonchev–Trinajstić information content (AvgIpc) is 2.73. The molecule has 2 N–H and O–H groups in total. The summed E-state index contributed by atoms with van der Waals surface area (Å²) in [5.74, 6) is -0.232. The third kappa shape index (κ3) is 5.44. The van der Waals surface area contributed by atoms with Crippen molar-refractivity contribution in [1.82, 2.24) is 18.9 Å². The van der Waals surface area contributed by atoms with Crippen LogP contribution in [0.4, 0.5) is 5.82 Å². The van der Waals surface area contributed by atoms with Gasteiger partial charge in [-0.1, -0.05) is 37.6 Å². The molecule has 2 aromatic rings. The molecule has 0 spiro atoms. The summed E-state index contributed by atoms with van der Waals surface area (Å²) in [5.41, 5.74) is 6.09. The number of ketones is 1. The fraction of sp³-hybridized carbons (Fsp3) is 0.500. The van der Waals surface area contributed by atoms with Gasteiger partial charge in [0, 0.05) is 51.3 Å². The van der Waals surface area contributed by atoms with Crippen molar-refractivity contribution in [2.75, 3.05) is 38.5 Å². The summed E-state index contributed by atoms with van der Waals surface area (Å²) >= 11 is 5.94. The van der Waals surface area contributed by atoms with Crippen LogP contribution in [-0.2, 0) is 20.1 Å². The van der Waals surface area contributed by atoms with Crippen LogP contribution in [0.2, 0.25) is 5.02 Å². The van der Waals surface area contributed by atoms with Gasteiger partial charge in [0.25, 0.3) is 5.56 Å². The first-order chi connectivity index (χ1) is 14.7. The van der Waals surface area contributed by atoms with E-state index in [1.165, 1.54) is 17.2 Å². The molecule has 2 heterocycles. The van der Waals surface area contributed by atoms with Crippen LogP contribution in [0, 0.1) is 5.92 Å². The van der Waals surface area contributed by atoms with E-state index in [4.69, 9.17) is 17.3 Å². The van der Waals surface area contributed by atoms with Gasteiger partial charge in [0.2, 0.25) is 0 Å². The van der Waals surface area contributed by atoms with Gasteiger partial charge < -0.3 is 5.73 Å². The van der Waals surface area contributed by atoms with Gasteiger partial charge >= 0.3 is 5.69 Å². The molecule has 0 aliphatic carbocycles. The van der Waals surface area contributed by atoms with Crippen LogP contribution in [0.3, 0.4) is 0 Å². The number of Topliss-reactive ketones (excluding diaryl/α,β-unsaturated/α-hetero) is 1. The highest BCUT2D eigenvalue weighted by atomic mass is 35.5. The maximum Gasteiger partial charge on any atom is 0.332 e. The number of rotatable bonds is 7. The summed E-state index contributed by atoms with van der Waals surface area (Å²) in [5, 5.41) is 0.720. The van der Waals surface area contributed by atoms with E-state index in [2.05, 4.69) is 4.90 Å². The standard InChI is InChI=1S/C22H30ClN5O3/c1-15(2)12-28-20(24)19(21(30)25(3)22(28)31)18(29)14-27-10-8-26(9-11-27)13-16-4-6-17(23)7-5-16/h4-7,15H,8-14,24H2,1-3H3. The number of carbonyl (C=O) groups is 1. The van der Waals surface area contributed by atoms with Gasteiger partial charge in [0.05, 0.1) is 6.54 Å². The van der Waals surface area contributed by atoms with Crippen LogP contribution in [-0.4, -0.2) is 57.4 Å². The predicted octanol–water partition coefficient (Wildman–Crippen LogP) is 1.44. The zero-order valence-corrected chi connectivity index (χ0v) is 19.1. The van der Waals surface area contributed by atoms with E-state index in [9.17, 15) is 14.4 Å². The number of benzene rings is 1. The quantitative estimate of drug-likeness (QED) is 0.645. The van der Waals surface area contributed by atoms with Crippen molar-refractivity contribution in [1.29, 1.82) is 0 Å². The van der Waals surface area contributed by atoms with Crippen LogP contribution < -0.4 is 17.0 Å². The van der Waals surface area contributed by atoms with E-state index in [1.54, 1.807) is 0 Å². The molecule has 0 atom stereocenters. The van der Waals surface area contributed by atoms with Crippen LogP contribution in [0.5, 0.6) is 0 Å². The molecule has 1 fully saturated rings. The Morgan fingerprint density at radius 2 is 1.65 bits per heavy atom. The maximum absolute atomic E-state index is 13.0. The highest BCUT2D eigenvalue weighted by molar-refractivity contribution is 6.30. The van der Waals surface area contributed by atoms with Crippen molar-refractivity contribution >= 4 is 23.2 Å². The highest BCUT2D eigenvalue weighted by Crippen LogP contribution is 2.14. The number of nitrogens with zero attached hydrogens (tertiary/aromatic N) is 4. The third-order valence-electron chi connectivity index (χ3n) is 5.56. The average molecular weight is 448 g/mol. The van der Waals surface area contributed by atoms with Crippen molar-refractivity contribution in [3.8, 4) is 0 Å². The lowest BCUT2D eigenvalue weighted by Gasteiger charge is -2.34. The van der Waals surface area contributed by atoms with Crippen molar-refractivity contribution < 1.29 is 4.79 Å². The molecule has 0 bridgehead atoms. The second-order valence-corrected chi connectivity index (χ2v) is 8.95. The minimum absolute atomic E-state index is 0.0341. The van der Waals surface area contributed by atoms with Crippen LogP contribution in [0.1, 0.15) is 29.8 Å². The fourth-order valence-corrected chi connectivity index (χ4v) is 3.95. The number of hydrogen-bond donors (Lipinski definition) is 1. The van der Waals surface area contributed by atoms with E-state index < -0.39 is 11.2 Å². The Hall–Kier alpha value is -2.42. The largest absolute Gasteiger partial charge is 0.384 e. The number of nitrogen functional groups attached to an aromatic ring is 1. The first-order valence-electron chi connectivity index (χ1n) is 10.5. The Balaban J connectivity index is 1.67. The highest BCUT2D eigenvalue weighted by Gasteiger charge is 2.25. The summed E-state index contributed by atoms with van der Waals surface area (Å²) in [6.45, 7) is 8.23. The van der Waals surface area contributed by atoms with Crippen LogP contribution in [0.15, 0.2) is 33.9 Å². The Labute approximate surface area is 186 Å². The lowest BCUT2D eigenvalue weighted by molar-refractivity contribution is 0.0842. The van der Waals surface area contributed by atoms with Gasteiger partial charge in [0.1, 0.15) is 11.4 Å². The van der Waals surface area contributed by atoms with Crippen molar-refractivity contribution in [3.63, 3.8) is 0 Å². The molecule has 9 heteroatoms. The number of carbonyl (C=O) groups excluding carboxylic acids is 1. The molecule has 168 valence electrons. The predicted molar refractivity (Wildman–Crippen MR) is 123 cm³/mol. The smallest absolute Gasteiger partial charge is 0.332 e. The number of nitrogens with two attached hydrogens (primary N) is 1. The topological polar surface area (TPSA) is 93.6 Å². The minimum Gasteiger partial charge on any atom is -0.384 e. The SMILES string of the molecule is CC(C)Cn1c(N)c(C(=O)CN2CCN(Cc3ccc(Cl)cc3)CC2)c(=O)n(C)c1=O. The van der Waals surface area contributed by atoms with E-state index in [0.717, 1.165) is 29.2 Å². The summed E-state index contributed by atoms with van der Waals surface area (Å²) in [7, 11) is 1.38. The monoisotopic (exact) mass is 447 g/mol. The normalized spacial score (nSPS) is 15.5. The molecule has 0 unspecified atom stereocenters. The molecular formula is C22H30ClN5O3. The molecule has 0 radical (unpaired) electrons. The maximum atomic E-state index is 13.0. The Morgan fingerprint density at radius 3 is 2.23 bits per heavy atom. The van der Waals surface area contributed by atoms with Gasteiger partial charge in [-0.15, -0.1) is 0 Å². The Bertz CT molecular complexity index is 1050. The summed E-state index contributed by atoms with van der Waals surface area (Å²) < 4.78 is 2.29. The summed E-state index contributed by atoms with van der Waals surface area (Å²) in [6, 6.07) is 7.80. The second-order valence-electron chi connectivity index (χ2n) is 8.51. The molecular weight excluding hydrogens is 418 g/mol.